The second-order valence-corrected chi connectivity index (χ2v) is 4.92. The molecule has 4 nitrogen and oxygen atoms in total. The number of carbonyl (C=O) groups excluding carboxylic acids is 1. The first kappa shape index (κ1) is 14.3. The van der Waals surface area contributed by atoms with E-state index in [-0.39, 0.29) is 12.2 Å². The number of Topliss-reactive ketones (excluding diaryl/α,β-unsaturated/α-hetero) is 1. The lowest BCUT2D eigenvalue weighted by Gasteiger charge is -2.01. The molecule has 0 radical (unpaired) electrons. The van der Waals surface area contributed by atoms with Crippen LogP contribution in [0.25, 0.3) is 10.9 Å². The van der Waals surface area contributed by atoms with Gasteiger partial charge in [-0.15, -0.1) is 0 Å². The molecule has 0 aliphatic heterocycles. The Labute approximate surface area is 117 Å². The molecule has 0 unspecified atom stereocenters. The van der Waals surface area contributed by atoms with Gasteiger partial charge < -0.3 is 10.1 Å². The molecular weight excluding hydrogens is 254 g/mol. The molecule has 0 saturated carbocycles. The van der Waals surface area contributed by atoms with Crippen molar-refractivity contribution in [1.82, 2.24) is 4.98 Å². The molecule has 2 N–H and O–H groups in total. The van der Waals surface area contributed by atoms with E-state index < -0.39 is 5.97 Å². The van der Waals surface area contributed by atoms with Gasteiger partial charge in [-0.05, 0) is 24.8 Å². The quantitative estimate of drug-likeness (QED) is 0.598. The molecule has 0 aliphatic rings. The average molecular weight is 273 g/mol. The van der Waals surface area contributed by atoms with Gasteiger partial charge in [-0.1, -0.05) is 25.1 Å². The minimum Gasteiger partial charge on any atom is -0.481 e. The normalized spacial score (nSPS) is 10.8. The summed E-state index contributed by atoms with van der Waals surface area (Å²) in [6.45, 7) is 2.09. The number of benzene rings is 1. The number of carboxylic acids is 1. The van der Waals surface area contributed by atoms with Crippen LogP contribution in [0.3, 0.4) is 0 Å². The van der Waals surface area contributed by atoms with Crippen molar-refractivity contribution in [2.24, 2.45) is 0 Å². The van der Waals surface area contributed by atoms with E-state index in [1.807, 2.05) is 12.1 Å². The summed E-state index contributed by atoms with van der Waals surface area (Å²) in [5.41, 5.74) is 2.95. The number of unbranched alkanes of at least 4 members (excludes halogenated alkanes) is 1. The summed E-state index contributed by atoms with van der Waals surface area (Å²) in [4.78, 5) is 25.8. The SMILES string of the molecule is CCc1cccc2c(C(=O)CCCCC(=O)O)c[nH]c12. The highest BCUT2D eigenvalue weighted by Crippen LogP contribution is 2.23. The zero-order chi connectivity index (χ0) is 14.5. The molecule has 0 fully saturated rings. The second-order valence-electron chi connectivity index (χ2n) is 4.92. The number of fused-ring (bicyclic) bond motifs is 1. The van der Waals surface area contributed by atoms with Crippen LogP contribution in [0.1, 0.15) is 48.5 Å². The number of rotatable bonds is 7. The van der Waals surface area contributed by atoms with E-state index in [0.717, 1.165) is 17.3 Å². The van der Waals surface area contributed by atoms with Crippen LogP contribution in [-0.2, 0) is 11.2 Å². The van der Waals surface area contributed by atoms with Crippen molar-refractivity contribution < 1.29 is 14.7 Å². The van der Waals surface area contributed by atoms with Gasteiger partial charge >= 0.3 is 5.97 Å². The van der Waals surface area contributed by atoms with Gasteiger partial charge in [-0.2, -0.15) is 0 Å². The molecular formula is C16H19NO3. The van der Waals surface area contributed by atoms with Crippen LogP contribution >= 0.6 is 0 Å². The molecule has 1 heterocycles. The van der Waals surface area contributed by atoms with Crippen LogP contribution in [-0.4, -0.2) is 21.8 Å². The van der Waals surface area contributed by atoms with Crippen LogP contribution in [0.15, 0.2) is 24.4 Å². The van der Waals surface area contributed by atoms with Crippen LogP contribution in [0.4, 0.5) is 0 Å². The summed E-state index contributed by atoms with van der Waals surface area (Å²) < 4.78 is 0. The molecule has 1 aromatic carbocycles. The first-order valence-electron chi connectivity index (χ1n) is 6.97. The van der Waals surface area contributed by atoms with E-state index in [0.29, 0.717) is 24.8 Å². The van der Waals surface area contributed by atoms with Gasteiger partial charge in [0.2, 0.25) is 0 Å². The highest BCUT2D eigenvalue weighted by molar-refractivity contribution is 6.08. The van der Waals surface area contributed by atoms with Crippen molar-refractivity contribution in [2.45, 2.75) is 39.0 Å². The van der Waals surface area contributed by atoms with Crippen molar-refractivity contribution >= 4 is 22.7 Å². The Kier molecular flexibility index (Phi) is 4.56. The van der Waals surface area contributed by atoms with Gasteiger partial charge in [0.25, 0.3) is 0 Å². The fraction of sp³-hybridized carbons (Fsp3) is 0.375. The van der Waals surface area contributed by atoms with Crippen molar-refractivity contribution in [3.63, 3.8) is 0 Å². The van der Waals surface area contributed by atoms with Crippen LogP contribution in [0, 0.1) is 0 Å². The van der Waals surface area contributed by atoms with E-state index in [1.165, 1.54) is 5.56 Å². The number of carbonyl (C=O) groups is 2. The van der Waals surface area contributed by atoms with Gasteiger partial charge in [0.1, 0.15) is 0 Å². The summed E-state index contributed by atoms with van der Waals surface area (Å²) in [7, 11) is 0. The number of ketones is 1. The molecule has 106 valence electrons. The molecule has 20 heavy (non-hydrogen) atoms. The van der Waals surface area contributed by atoms with Crippen LogP contribution in [0.2, 0.25) is 0 Å². The van der Waals surface area contributed by atoms with Gasteiger partial charge in [0.05, 0.1) is 0 Å². The van der Waals surface area contributed by atoms with E-state index in [1.54, 1.807) is 6.20 Å². The van der Waals surface area contributed by atoms with E-state index in [2.05, 4.69) is 18.0 Å². The number of carboxylic acid groups (broad SMARTS) is 1. The van der Waals surface area contributed by atoms with Gasteiger partial charge in [-0.3, -0.25) is 9.59 Å². The van der Waals surface area contributed by atoms with Gasteiger partial charge in [-0.25, -0.2) is 0 Å². The largest absolute Gasteiger partial charge is 0.481 e. The number of nitrogens with one attached hydrogen (secondary N) is 1. The minimum atomic E-state index is -0.808. The average Bonchev–Trinajstić information content (AvgIpc) is 2.87. The number of para-hydroxylation sites is 1. The number of aryl methyl sites for hydroxylation is 1. The summed E-state index contributed by atoms with van der Waals surface area (Å²) in [6.07, 6.45) is 4.38. The molecule has 4 heteroatoms. The van der Waals surface area contributed by atoms with Crippen LogP contribution < -0.4 is 0 Å². The smallest absolute Gasteiger partial charge is 0.303 e. The molecule has 2 rings (SSSR count). The third kappa shape index (κ3) is 3.07. The molecule has 0 saturated heterocycles. The molecule has 0 atom stereocenters. The zero-order valence-corrected chi connectivity index (χ0v) is 11.6. The number of H-pyrrole nitrogens is 1. The Bertz CT molecular complexity index is 628. The van der Waals surface area contributed by atoms with Crippen molar-refractivity contribution in [3.8, 4) is 0 Å². The summed E-state index contributed by atoms with van der Waals surface area (Å²) in [6, 6.07) is 5.98. The van der Waals surface area contributed by atoms with Crippen molar-refractivity contribution in [2.75, 3.05) is 0 Å². The Hall–Kier alpha value is -2.10. The number of aliphatic carboxylic acids is 1. The molecule has 0 bridgehead atoms. The maximum absolute atomic E-state index is 12.2. The first-order chi connectivity index (χ1) is 9.63. The predicted octanol–water partition coefficient (Wildman–Crippen LogP) is 3.56. The number of aromatic amines is 1. The number of hydrogen-bond donors (Lipinski definition) is 2. The standard InChI is InChI=1S/C16H19NO3/c1-2-11-6-5-7-12-13(10-17-16(11)12)14(18)8-3-4-9-15(19)20/h5-7,10,17H,2-4,8-9H2,1H3,(H,19,20). The Morgan fingerprint density at radius 3 is 2.65 bits per heavy atom. The molecule has 1 aromatic heterocycles. The van der Waals surface area contributed by atoms with Gasteiger partial charge in [0.15, 0.2) is 5.78 Å². The van der Waals surface area contributed by atoms with Gasteiger partial charge in [0, 0.05) is 35.5 Å². The molecule has 0 aliphatic carbocycles. The molecule has 2 aromatic rings. The summed E-state index contributed by atoms with van der Waals surface area (Å²) >= 11 is 0. The maximum atomic E-state index is 12.2. The third-order valence-electron chi connectivity index (χ3n) is 3.53. The highest BCUT2D eigenvalue weighted by Gasteiger charge is 2.13. The monoisotopic (exact) mass is 273 g/mol. The lowest BCUT2D eigenvalue weighted by molar-refractivity contribution is -0.137. The van der Waals surface area contributed by atoms with Crippen molar-refractivity contribution in [1.29, 1.82) is 0 Å². The summed E-state index contributed by atoms with van der Waals surface area (Å²) in [5.74, 6) is -0.730. The summed E-state index contributed by atoms with van der Waals surface area (Å²) in [5, 5.41) is 9.54. The fourth-order valence-corrected chi connectivity index (χ4v) is 2.44. The van der Waals surface area contributed by atoms with Crippen LogP contribution in [0.5, 0.6) is 0 Å². The first-order valence-corrected chi connectivity index (χ1v) is 6.97. The van der Waals surface area contributed by atoms with E-state index >= 15 is 0 Å². The predicted molar refractivity (Wildman–Crippen MR) is 78.1 cm³/mol. The molecule has 0 amide bonds. The van der Waals surface area contributed by atoms with E-state index in [9.17, 15) is 9.59 Å². The topological polar surface area (TPSA) is 70.2 Å². The maximum Gasteiger partial charge on any atom is 0.303 e. The lowest BCUT2D eigenvalue weighted by atomic mass is 10.0. The minimum absolute atomic E-state index is 0.0786. The zero-order valence-electron chi connectivity index (χ0n) is 11.6. The lowest BCUT2D eigenvalue weighted by Crippen LogP contribution is -2.00. The Morgan fingerprint density at radius 2 is 1.95 bits per heavy atom. The second kappa shape index (κ2) is 6.37. The Balaban J connectivity index is 2.09. The number of hydrogen-bond acceptors (Lipinski definition) is 2. The van der Waals surface area contributed by atoms with Crippen molar-refractivity contribution in [3.05, 3.63) is 35.5 Å². The molecule has 0 spiro atoms. The Morgan fingerprint density at radius 1 is 1.20 bits per heavy atom. The van der Waals surface area contributed by atoms with E-state index in [4.69, 9.17) is 5.11 Å². The highest BCUT2D eigenvalue weighted by atomic mass is 16.4. The number of aromatic nitrogens is 1. The fourth-order valence-electron chi connectivity index (χ4n) is 2.44. The third-order valence-corrected chi connectivity index (χ3v) is 3.53.